The first kappa shape index (κ1) is 17.0. The molecule has 1 aromatic carbocycles. The van der Waals surface area contributed by atoms with Gasteiger partial charge >= 0.3 is 5.97 Å². The van der Waals surface area contributed by atoms with E-state index in [1.165, 1.54) is 11.8 Å². The van der Waals surface area contributed by atoms with E-state index in [1.807, 2.05) is 6.92 Å². The summed E-state index contributed by atoms with van der Waals surface area (Å²) in [6.07, 6.45) is 0. The second-order valence-corrected chi connectivity index (χ2v) is 5.54. The molecular formula is C16H18ClN3O3. The number of carbonyl (C=O) groups is 2. The van der Waals surface area contributed by atoms with E-state index in [1.54, 1.807) is 38.2 Å². The Kier molecular flexibility index (Phi) is 5.05. The van der Waals surface area contributed by atoms with Crippen molar-refractivity contribution in [2.75, 3.05) is 7.11 Å². The highest BCUT2D eigenvalue weighted by atomic mass is 35.5. The monoisotopic (exact) mass is 335 g/mol. The lowest BCUT2D eigenvalue weighted by Gasteiger charge is -2.14. The van der Waals surface area contributed by atoms with Gasteiger partial charge in [0.1, 0.15) is 5.15 Å². The molecule has 0 aliphatic heterocycles. The maximum atomic E-state index is 12.4. The quantitative estimate of drug-likeness (QED) is 0.872. The summed E-state index contributed by atoms with van der Waals surface area (Å²) >= 11 is 6.10. The normalized spacial score (nSPS) is 11.9. The summed E-state index contributed by atoms with van der Waals surface area (Å²) in [7, 11) is 3.01. The van der Waals surface area contributed by atoms with Gasteiger partial charge in [-0.05, 0) is 31.5 Å². The van der Waals surface area contributed by atoms with E-state index in [2.05, 4.69) is 15.2 Å². The number of hydrogen-bond acceptors (Lipinski definition) is 4. The SMILES string of the molecule is COC(=O)c1ccc([C@H](C)NC(=O)c2c(C)nn(C)c2Cl)cc1. The molecule has 6 nitrogen and oxygen atoms in total. The topological polar surface area (TPSA) is 73.2 Å². The molecule has 0 aliphatic rings. The van der Waals surface area contributed by atoms with Gasteiger partial charge < -0.3 is 10.1 Å². The summed E-state index contributed by atoms with van der Waals surface area (Å²) in [5.41, 5.74) is 2.26. The number of hydrogen-bond donors (Lipinski definition) is 1. The zero-order valence-electron chi connectivity index (χ0n) is 13.4. The minimum Gasteiger partial charge on any atom is -0.465 e. The molecule has 0 radical (unpaired) electrons. The number of benzene rings is 1. The van der Waals surface area contributed by atoms with Crippen LogP contribution in [0.1, 0.15) is 44.9 Å². The Bertz CT molecular complexity index is 738. The second-order valence-electron chi connectivity index (χ2n) is 5.18. The van der Waals surface area contributed by atoms with Crippen LogP contribution in [0.5, 0.6) is 0 Å². The number of carbonyl (C=O) groups excluding carboxylic acids is 2. The van der Waals surface area contributed by atoms with E-state index in [9.17, 15) is 9.59 Å². The Morgan fingerprint density at radius 1 is 1.30 bits per heavy atom. The van der Waals surface area contributed by atoms with Crippen LogP contribution in [0.25, 0.3) is 0 Å². The van der Waals surface area contributed by atoms with E-state index in [0.717, 1.165) is 5.56 Å². The number of rotatable bonds is 4. The fourth-order valence-corrected chi connectivity index (χ4v) is 2.53. The molecule has 23 heavy (non-hydrogen) atoms. The summed E-state index contributed by atoms with van der Waals surface area (Å²) in [6.45, 7) is 3.58. The van der Waals surface area contributed by atoms with Gasteiger partial charge in [-0.15, -0.1) is 0 Å². The predicted octanol–water partition coefficient (Wildman–Crippen LogP) is 2.66. The van der Waals surface area contributed by atoms with Crippen molar-refractivity contribution < 1.29 is 14.3 Å². The van der Waals surface area contributed by atoms with E-state index in [4.69, 9.17) is 11.6 Å². The van der Waals surface area contributed by atoms with E-state index < -0.39 is 5.97 Å². The molecule has 0 bridgehead atoms. The van der Waals surface area contributed by atoms with Crippen LogP contribution in [0.15, 0.2) is 24.3 Å². The zero-order chi connectivity index (χ0) is 17.1. The molecule has 0 unspecified atom stereocenters. The van der Waals surface area contributed by atoms with E-state index >= 15 is 0 Å². The molecule has 1 N–H and O–H groups in total. The maximum Gasteiger partial charge on any atom is 0.337 e. The third-order valence-corrected chi connectivity index (χ3v) is 3.99. The number of aromatic nitrogens is 2. The Balaban J connectivity index is 2.13. The standard InChI is InChI=1S/C16H18ClN3O3/c1-9(11-5-7-12(8-6-11)16(22)23-4)18-15(21)13-10(2)19-20(3)14(13)17/h5-9H,1-4H3,(H,18,21)/t9-/m0/s1. The number of nitrogens with one attached hydrogen (secondary N) is 1. The number of halogens is 1. The van der Waals surface area contributed by atoms with Crippen molar-refractivity contribution in [1.82, 2.24) is 15.1 Å². The first-order valence-electron chi connectivity index (χ1n) is 7.03. The average Bonchev–Trinajstić information content (AvgIpc) is 2.79. The molecule has 122 valence electrons. The van der Waals surface area contributed by atoms with Crippen LogP contribution in [-0.4, -0.2) is 28.8 Å². The highest BCUT2D eigenvalue weighted by Gasteiger charge is 2.20. The van der Waals surface area contributed by atoms with Crippen LogP contribution in [0.3, 0.4) is 0 Å². The number of esters is 1. The second kappa shape index (κ2) is 6.83. The van der Waals surface area contributed by atoms with Gasteiger partial charge in [0.05, 0.1) is 30.0 Å². The minimum atomic E-state index is -0.397. The van der Waals surface area contributed by atoms with Crippen LogP contribution in [-0.2, 0) is 11.8 Å². The van der Waals surface area contributed by atoms with E-state index in [-0.39, 0.29) is 11.9 Å². The Labute approximate surface area is 139 Å². The van der Waals surface area contributed by atoms with Gasteiger partial charge in [0.15, 0.2) is 0 Å². The number of aryl methyl sites for hydroxylation is 2. The largest absolute Gasteiger partial charge is 0.465 e. The summed E-state index contributed by atoms with van der Waals surface area (Å²) in [4.78, 5) is 23.8. The third-order valence-electron chi connectivity index (χ3n) is 3.56. The number of nitrogens with zero attached hydrogens (tertiary/aromatic N) is 2. The predicted molar refractivity (Wildman–Crippen MR) is 86.6 cm³/mol. The Morgan fingerprint density at radius 2 is 1.91 bits per heavy atom. The molecule has 7 heteroatoms. The molecule has 1 amide bonds. The van der Waals surface area contributed by atoms with Crippen molar-refractivity contribution >= 4 is 23.5 Å². The highest BCUT2D eigenvalue weighted by Crippen LogP contribution is 2.20. The van der Waals surface area contributed by atoms with Crippen molar-refractivity contribution in [2.24, 2.45) is 7.05 Å². The molecular weight excluding hydrogens is 318 g/mol. The third kappa shape index (κ3) is 3.53. The first-order valence-corrected chi connectivity index (χ1v) is 7.41. The first-order chi connectivity index (χ1) is 10.8. The van der Waals surface area contributed by atoms with Crippen LogP contribution >= 0.6 is 11.6 Å². The Hall–Kier alpha value is -2.34. The molecule has 1 atom stereocenters. The fraction of sp³-hybridized carbons (Fsp3) is 0.312. The molecule has 0 spiro atoms. The number of methoxy groups -OCH3 is 1. The smallest absolute Gasteiger partial charge is 0.337 e. The molecule has 0 saturated heterocycles. The molecule has 2 aromatic rings. The summed E-state index contributed by atoms with van der Waals surface area (Å²) in [5, 5.41) is 7.30. The van der Waals surface area contributed by atoms with Gasteiger partial charge in [-0.25, -0.2) is 4.79 Å². The van der Waals surface area contributed by atoms with E-state index in [0.29, 0.717) is 22.0 Å². The maximum absolute atomic E-state index is 12.4. The Morgan fingerprint density at radius 3 is 2.39 bits per heavy atom. The minimum absolute atomic E-state index is 0.245. The zero-order valence-corrected chi connectivity index (χ0v) is 14.1. The molecule has 0 fully saturated rings. The fourth-order valence-electron chi connectivity index (χ4n) is 2.27. The summed E-state index contributed by atoms with van der Waals surface area (Å²) in [6, 6.07) is 6.62. The molecule has 2 rings (SSSR count). The van der Waals surface area contributed by atoms with Gasteiger partial charge in [0.25, 0.3) is 5.91 Å². The van der Waals surface area contributed by atoms with Crippen molar-refractivity contribution in [3.8, 4) is 0 Å². The van der Waals surface area contributed by atoms with Crippen LogP contribution in [0, 0.1) is 6.92 Å². The highest BCUT2D eigenvalue weighted by molar-refractivity contribution is 6.33. The lowest BCUT2D eigenvalue weighted by molar-refractivity contribution is 0.0600. The summed E-state index contributed by atoms with van der Waals surface area (Å²) in [5.74, 6) is -0.684. The van der Waals surface area contributed by atoms with Crippen LogP contribution in [0.4, 0.5) is 0 Å². The molecule has 1 heterocycles. The lowest BCUT2D eigenvalue weighted by Crippen LogP contribution is -2.27. The van der Waals surface area contributed by atoms with Crippen LogP contribution < -0.4 is 5.32 Å². The van der Waals surface area contributed by atoms with Gasteiger partial charge in [0.2, 0.25) is 0 Å². The number of amides is 1. The number of ether oxygens (including phenoxy) is 1. The van der Waals surface area contributed by atoms with Crippen molar-refractivity contribution in [2.45, 2.75) is 19.9 Å². The van der Waals surface area contributed by atoms with Crippen molar-refractivity contribution in [3.05, 3.63) is 51.8 Å². The van der Waals surface area contributed by atoms with Gasteiger partial charge in [0, 0.05) is 7.05 Å². The molecule has 1 aromatic heterocycles. The molecule has 0 saturated carbocycles. The van der Waals surface area contributed by atoms with Gasteiger partial charge in [-0.3, -0.25) is 9.48 Å². The molecule has 0 aliphatic carbocycles. The summed E-state index contributed by atoms with van der Waals surface area (Å²) < 4.78 is 6.12. The average molecular weight is 336 g/mol. The van der Waals surface area contributed by atoms with Crippen LogP contribution in [0.2, 0.25) is 5.15 Å². The van der Waals surface area contributed by atoms with Crippen molar-refractivity contribution in [3.63, 3.8) is 0 Å². The van der Waals surface area contributed by atoms with Gasteiger partial charge in [-0.2, -0.15) is 5.10 Å². The van der Waals surface area contributed by atoms with Crippen molar-refractivity contribution in [1.29, 1.82) is 0 Å². The van der Waals surface area contributed by atoms with Gasteiger partial charge in [-0.1, -0.05) is 23.7 Å². The lowest BCUT2D eigenvalue weighted by atomic mass is 10.1.